The van der Waals surface area contributed by atoms with Crippen LogP contribution in [0.25, 0.3) is 22.3 Å². The van der Waals surface area contributed by atoms with Crippen LogP contribution in [0.3, 0.4) is 0 Å². The average molecular weight is 476 g/mol. The largest absolute Gasteiger partial charge is 0.349 e. The number of anilines is 1. The van der Waals surface area contributed by atoms with Crippen LogP contribution in [0, 0.1) is 13.8 Å². The molecule has 3 heterocycles. The van der Waals surface area contributed by atoms with Gasteiger partial charge in [0.1, 0.15) is 0 Å². The van der Waals surface area contributed by atoms with Gasteiger partial charge in [-0.05, 0) is 57.5 Å². The van der Waals surface area contributed by atoms with Crippen molar-refractivity contribution in [3.05, 3.63) is 63.5 Å². The molecule has 0 aliphatic carbocycles. The van der Waals surface area contributed by atoms with Crippen molar-refractivity contribution in [2.24, 2.45) is 0 Å². The Hall–Kier alpha value is -3.52. The van der Waals surface area contributed by atoms with E-state index in [1.165, 1.54) is 4.88 Å². The van der Waals surface area contributed by atoms with Crippen LogP contribution in [0.4, 0.5) is 5.69 Å². The summed E-state index contributed by atoms with van der Waals surface area (Å²) < 4.78 is 1.85. The van der Waals surface area contributed by atoms with Crippen LogP contribution in [-0.2, 0) is 11.2 Å². The smallest absolute Gasteiger partial charge is 0.256 e. The first kappa shape index (κ1) is 23.6. The zero-order chi connectivity index (χ0) is 24.6. The van der Waals surface area contributed by atoms with Gasteiger partial charge in [-0.25, -0.2) is 9.67 Å². The molecule has 0 spiro atoms. The predicted molar refractivity (Wildman–Crippen MR) is 137 cm³/mol. The summed E-state index contributed by atoms with van der Waals surface area (Å²) in [5.74, 6) is -0.191. The molecule has 34 heavy (non-hydrogen) atoms. The fraction of sp³-hybridized carbons (Fsp3) is 0.308. The van der Waals surface area contributed by atoms with E-state index in [1.54, 1.807) is 36.5 Å². The Balaban J connectivity index is 1.69. The number of hydrogen-bond donors (Lipinski definition) is 1. The third-order valence-corrected chi connectivity index (χ3v) is 6.65. The first-order valence-electron chi connectivity index (χ1n) is 11.2. The molecule has 1 N–H and O–H groups in total. The van der Waals surface area contributed by atoms with Gasteiger partial charge in [0.05, 0.1) is 29.3 Å². The van der Waals surface area contributed by atoms with Crippen LogP contribution in [0.15, 0.2) is 42.6 Å². The zero-order valence-electron chi connectivity index (χ0n) is 20.3. The number of nitrogens with one attached hydrogen (secondary N) is 1. The van der Waals surface area contributed by atoms with Crippen molar-refractivity contribution in [2.75, 3.05) is 19.4 Å². The first-order chi connectivity index (χ1) is 16.1. The van der Waals surface area contributed by atoms with Crippen molar-refractivity contribution in [1.29, 1.82) is 0 Å². The molecule has 0 radical (unpaired) electrons. The summed E-state index contributed by atoms with van der Waals surface area (Å²) in [5.41, 5.74) is 4.58. The Morgan fingerprint density at radius 1 is 1.12 bits per heavy atom. The number of thiophene rings is 1. The third-order valence-electron chi connectivity index (χ3n) is 5.68. The lowest BCUT2D eigenvalue weighted by molar-refractivity contribution is -0.127. The minimum Gasteiger partial charge on any atom is -0.349 e. The van der Waals surface area contributed by atoms with E-state index in [4.69, 9.17) is 4.98 Å². The fourth-order valence-corrected chi connectivity index (χ4v) is 4.78. The molecule has 1 aromatic carbocycles. The minimum absolute atomic E-state index is 0.0321. The van der Waals surface area contributed by atoms with Gasteiger partial charge >= 0.3 is 0 Å². The molecular formula is C26H29N5O2S. The van der Waals surface area contributed by atoms with Crippen molar-refractivity contribution in [3.8, 4) is 11.3 Å². The van der Waals surface area contributed by atoms with Gasteiger partial charge in [-0.1, -0.05) is 12.1 Å². The van der Waals surface area contributed by atoms with Crippen molar-refractivity contribution in [1.82, 2.24) is 19.7 Å². The van der Waals surface area contributed by atoms with Gasteiger partial charge in [-0.2, -0.15) is 5.10 Å². The first-order valence-corrected chi connectivity index (χ1v) is 12.0. The molecule has 0 saturated carbocycles. The molecule has 2 amide bonds. The summed E-state index contributed by atoms with van der Waals surface area (Å²) in [5, 5.41) is 8.21. The van der Waals surface area contributed by atoms with E-state index in [0.29, 0.717) is 28.7 Å². The number of benzene rings is 1. The molecule has 176 valence electrons. The molecule has 3 aromatic heterocycles. The topological polar surface area (TPSA) is 80.1 Å². The molecule has 8 heteroatoms. The van der Waals surface area contributed by atoms with Crippen LogP contribution >= 0.6 is 11.3 Å². The number of fused-ring (bicyclic) bond motifs is 1. The number of aromatic nitrogens is 3. The molecular weight excluding hydrogens is 446 g/mol. The molecule has 0 saturated heterocycles. The number of pyridine rings is 1. The SMILES string of the molecule is Cc1cc(-c2cc(C(=O)Nc3ccc(CC(=O)N(C)C)cc3)c3cnn(C(C)C)c3n2)c(C)s1. The molecule has 7 nitrogen and oxygen atoms in total. The summed E-state index contributed by atoms with van der Waals surface area (Å²) in [6, 6.07) is 11.4. The highest BCUT2D eigenvalue weighted by molar-refractivity contribution is 7.12. The van der Waals surface area contributed by atoms with E-state index >= 15 is 0 Å². The maximum atomic E-state index is 13.4. The molecule has 4 aromatic rings. The maximum absolute atomic E-state index is 13.4. The second kappa shape index (κ2) is 9.38. The van der Waals surface area contributed by atoms with Crippen molar-refractivity contribution >= 4 is 39.9 Å². The summed E-state index contributed by atoms with van der Waals surface area (Å²) >= 11 is 1.72. The standard InChI is InChI=1S/C26H29N5O2S/c1-15(2)31-25-22(14-27-31)21(13-23(29-25)20-11-16(3)34-17(20)4)26(33)28-19-9-7-18(8-10-19)12-24(32)30(5)6/h7-11,13-15H,12H2,1-6H3,(H,28,33). The van der Waals surface area contributed by atoms with Crippen LogP contribution in [0.2, 0.25) is 0 Å². The average Bonchev–Trinajstić information content (AvgIpc) is 3.36. The predicted octanol–water partition coefficient (Wildman–Crippen LogP) is 5.24. The van der Waals surface area contributed by atoms with Crippen LogP contribution in [0.5, 0.6) is 0 Å². The van der Waals surface area contributed by atoms with Gasteiger partial charge in [0, 0.05) is 41.1 Å². The number of hydrogen-bond acceptors (Lipinski definition) is 5. The van der Waals surface area contributed by atoms with Gasteiger partial charge in [-0.3, -0.25) is 9.59 Å². The van der Waals surface area contributed by atoms with Gasteiger partial charge in [0.15, 0.2) is 5.65 Å². The monoisotopic (exact) mass is 475 g/mol. The van der Waals surface area contributed by atoms with Crippen molar-refractivity contribution in [3.63, 3.8) is 0 Å². The molecule has 0 atom stereocenters. The highest BCUT2D eigenvalue weighted by Crippen LogP contribution is 2.32. The number of amides is 2. The molecule has 0 bridgehead atoms. The van der Waals surface area contributed by atoms with E-state index < -0.39 is 0 Å². The summed E-state index contributed by atoms with van der Waals surface area (Å²) in [7, 11) is 3.47. The van der Waals surface area contributed by atoms with Gasteiger partial charge in [0.25, 0.3) is 5.91 Å². The van der Waals surface area contributed by atoms with Crippen molar-refractivity contribution in [2.45, 2.75) is 40.2 Å². The number of nitrogens with zero attached hydrogens (tertiary/aromatic N) is 4. The second-order valence-electron chi connectivity index (χ2n) is 8.92. The maximum Gasteiger partial charge on any atom is 0.256 e. The second-order valence-corrected chi connectivity index (χ2v) is 10.4. The lowest BCUT2D eigenvalue weighted by Gasteiger charge is -2.12. The van der Waals surface area contributed by atoms with E-state index in [1.807, 2.05) is 48.9 Å². The number of rotatable bonds is 6. The highest BCUT2D eigenvalue weighted by atomic mass is 32.1. The zero-order valence-corrected chi connectivity index (χ0v) is 21.2. The molecule has 0 unspecified atom stereocenters. The fourth-order valence-electron chi connectivity index (χ4n) is 3.84. The van der Waals surface area contributed by atoms with E-state index in [2.05, 4.69) is 30.3 Å². The van der Waals surface area contributed by atoms with Crippen LogP contribution < -0.4 is 5.32 Å². The lowest BCUT2D eigenvalue weighted by atomic mass is 10.1. The molecule has 4 rings (SSSR count). The highest BCUT2D eigenvalue weighted by Gasteiger charge is 2.20. The number of aryl methyl sites for hydroxylation is 2. The number of carbonyl (C=O) groups excluding carboxylic acids is 2. The number of carbonyl (C=O) groups is 2. The van der Waals surface area contributed by atoms with Crippen molar-refractivity contribution < 1.29 is 9.59 Å². The minimum atomic E-state index is -0.223. The third kappa shape index (κ3) is 4.72. The van der Waals surface area contributed by atoms with Gasteiger partial charge < -0.3 is 10.2 Å². The van der Waals surface area contributed by atoms with Crippen LogP contribution in [-0.4, -0.2) is 45.6 Å². The van der Waals surface area contributed by atoms with E-state index in [9.17, 15) is 9.59 Å². The molecule has 0 aliphatic heterocycles. The Morgan fingerprint density at radius 2 is 1.82 bits per heavy atom. The summed E-state index contributed by atoms with van der Waals surface area (Å²) in [4.78, 5) is 34.2. The van der Waals surface area contributed by atoms with E-state index in [-0.39, 0.29) is 17.9 Å². The lowest BCUT2D eigenvalue weighted by Crippen LogP contribution is -2.23. The van der Waals surface area contributed by atoms with Gasteiger partial charge in [0.2, 0.25) is 5.91 Å². The Morgan fingerprint density at radius 3 is 2.41 bits per heavy atom. The Labute approximate surface area is 203 Å². The summed E-state index contributed by atoms with van der Waals surface area (Å²) in [6.45, 7) is 8.23. The van der Waals surface area contributed by atoms with Gasteiger partial charge in [-0.15, -0.1) is 11.3 Å². The molecule has 0 aliphatic rings. The van der Waals surface area contributed by atoms with Crippen LogP contribution in [0.1, 0.15) is 45.6 Å². The number of likely N-dealkylation sites (N-methyl/N-ethyl adjacent to an activating group) is 1. The summed E-state index contributed by atoms with van der Waals surface area (Å²) in [6.07, 6.45) is 2.03. The Kier molecular flexibility index (Phi) is 6.52. The Bertz CT molecular complexity index is 1370. The normalized spacial score (nSPS) is 11.3. The molecule has 0 fully saturated rings. The van der Waals surface area contributed by atoms with E-state index in [0.717, 1.165) is 21.7 Å². The quantitative estimate of drug-likeness (QED) is 0.414.